The SMILES string of the molecule is CCc1c(F)ccc2cc(O)cc(-c3nc(OC)c4c(N5CCOC[C@@](C)(O)C5)nc(OC[C@]56CCC[C@H]5N(C5CCOC5)CCC6)nc4c3F)c12. The number of anilines is 1. The summed E-state index contributed by atoms with van der Waals surface area (Å²) < 4.78 is 56.4. The third kappa shape index (κ3) is 6.18. The summed E-state index contributed by atoms with van der Waals surface area (Å²) in [7, 11) is 1.43. The van der Waals surface area contributed by atoms with Crippen molar-refractivity contribution in [2.24, 2.45) is 5.41 Å². The molecular weight excluding hydrogens is 672 g/mol. The highest BCUT2D eigenvalue weighted by Gasteiger charge is 2.50. The molecule has 1 unspecified atom stereocenters. The molecule has 4 aromatic rings. The Balaban J connectivity index is 1.28. The van der Waals surface area contributed by atoms with Crippen LogP contribution in [-0.4, -0.2) is 108 Å². The van der Waals surface area contributed by atoms with E-state index in [1.54, 1.807) is 13.0 Å². The molecule has 2 aromatic heterocycles. The Bertz CT molecular complexity index is 1990. The Hall–Kier alpha value is -3.91. The van der Waals surface area contributed by atoms with E-state index >= 15 is 8.78 Å². The van der Waals surface area contributed by atoms with Crippen LogP contribution in [0.5, 0.6) is 17.6 Å². The van der Waals surface area contributed by atoms with Gasteiger partial charge in [-0.15, -0.1) is 0 Å². The number of fused-ring (bicyclic) bond motifs is 3. The Morgan fingerprint density at radius 2 is 1.87 bits per heavy atom. The second kappa shape index (κ2) is 13.8. The standard InChI is InChI=1S/C39H47F2N5O6/c1-4-26-28(40)9-8-23-17-25(47)18-27(30(23)26)33-32(41)34-31(36(42-33)49-3)35(45-14-16-51-21-38(2,48)20-45)44-37(43-34)52-22-39-11-5-7-29(39)46(13-6-12-39)24-10-15-50-19-24/h8-9,17-18,24,29,47-48H,4-7,10-16,19-22H2,1-3H3/t24?,29-,38+,39-/m1/s1. The van der Waals surface area contributed by atoms with Crippen LogP contribution in [-0.2, 0) is 15.9 Å². The molecule has 0 radical (unpaired) electrons. The van der Waals surface area contributed by atoms with Crippen molar-refractivity contribution in [3.63, 3.8) is 0 Å². The number of hydrogen-bond donors (Lipinski definition) is 2. The average Bonchev–Trinajstić information content (AvgIpc) is 3.79. The van der Waals surface area contributed by atoms with Crippen molar-refractivity contribution in [1.29, 1.82) is 0 Å². The number of phenolic OH excluding ortho intramolecular Hbond substituents is 1. The minimum atomic E-state index is -1.22. The zero-order chi connectivity index (χ0) is 36.2. The van der Waals surface area contributed by atoms with Crippen LogP contribution >= 0.6 is 0 Å². The maximum atomic E-state index is 17.3. The number of ether oxygens (including phenoxy) is 4. The van der Waals surface area contributed by atoms with Crippen molar-refractivity contribution < 1.29 is 37.9 Å². The number of piperidine rings is 1. The second-order valence-corrected chi connectivity index (χ2v) is 15.2. The molecule has 2 N–H and O–H groups in total. The van der Waals surface area contributed by atoms with E-state index in [-0.39, 0.29) is 58.4 Å². The van der Waals surface area contributed by atoms with Gasteiger partial charge in [0.1, 0.15) is 39.6 Å². The van der Waals surface area contributed by atoms with Gasteiger partial charge >= 0.3 is 6.01 Å². The first-order chi connectivity index (χ1) is 25.1. The molecule has 8 rings (SSSR count). The fraction of sp³-hybridized carbons (Fsp3) is 0.564. The average molecular weight is 720 g/mol. The van der Waals surface area contributed by atoms with Crippen molar-refractivity contribution in [3.8, 4) is 28.9 Å². The molecule has 4 aliphatic rings. The van der Waals surface area contributed by atoms with Gasteiger partial charge in [0.15, 0.2) is 5.82 Å². The van der Waals surface area contributed by atoms with Crippen LogP contribution < -0.4 is 14.4 Å². The Kier molecular flexibility index (Phi) is 9.34. The summed E-state index contributed by atoms with van der Waals surface area (Å²) in [6.07, 6.45) is 6.66. The first kappa shape index (κ1) is 35.1. The minimum Gasteiger partial charge on any atom is -0.508 e. The van der Waals surface area contributed by atoms with E-state index < -0.39 is 17.2 Å². The molecule has 2 aromatic carbocycles. The summed E-state index contributed by atoms with van der Waals surface area (Å²) in [6.45, 7) is 7.40. The smallest absolute Gasteiger partial charge is 0.319 e. The van der Waals surface area contributed by atoms with Gasteiger partial charge in [-0.3, -0.25) is 4.90 Å². The van der Waals surface area contributed by atoms with E-state index in [9.17, 15) is 10.2 Å². The van der Waals surface area contributed by atoms with E-state index in [1.165, 1.54) is 25.3 Å². The number of methoxy groups -OCH3 is 1. The van der Waals surface area contributed by atoms with E-state index in [0.717, 1.165) is 58.3 Å². The summed E-state index contributed by atoms with van der Waals surface area (Å²) in [5, 5.41) is 23.1. The normalized spacial score (nSPS) is 26.9. The van der Waals surface area contributed by atoms with E-state index in [4.69, 9.17) is 28.9 Å². The molecule has 1 aliphatic carbocycles. The summed E-state index contributed by atoms with van der Waals surface area (Å²) in [4.78, 5) is 18.7. The third-order valence-corrected chi connectivity index (χ3v) is 11.6. The lowest BCUT2D eigenvalue weighted by Gasteiger charge is -2.48. The van der Waals surface area contributed by atoms with Gasteiger partial charge < -0.3 is 34.1 Å². The highest BCUT2D eigenvalue weighted by Crippen LogP contribution is 2.49. The topological polar surface area (TPSA) is 123 Å². The number of likely N-dealkylation sites (tertiary alicyclic amines) is 1. The Morgan fingerprint density at radius 1 is 1.02 bits per heavy atom. The summed E-state index contributed by atoms with van der Waals surface area (Å²) in [6, 6.07) is 6.59. The van der Waals surface area contributed by atoms with Crippen molar-refractivity contribution in [2.45, 2.75) is 76.5 Å². The molecule has 3 saturated heterocycles. The van der Waals surface area contributed by atoms with Crippen LogP contribution in [0, 0.1) is 17.0 Å². The van der Waals surface area contributed by atoms with Crippen LogP contribution in [0.25, 0.3) is 32.9 Å². The van der Waals surface area contributed by atoms with E-state index in [2.05, 4.69) is 9.88 Å². The lowest BCUT2D eigenvalue weighted by molar-refractivity contribution is -0.0241. The third-order valence-electron chi connectivity index (χ3n) is 11.6. The number of phenols is 1. The molecule has 5 heterocycles. The molecule has 4 fully saturated rings. The van der Waals surface area contributed by atoms with Gasteiger partial charge in [-0.25, -0.2) is 13.8 Å². The van der Waals surface area contributed by atoms with Crippen LogP contribution in [0.4, 0.5) is 14.6 Å². The summed E-state index contributed by atoms with van der Waals surface area (Å²) in [5.74, 6) is -0.999. The Labute approximate surface area is 301 Å². The van der Waals surface area contributed by atoms with Gasteiger partial charge in [-0.05, 0) is 86.5 Å². The largest absolute Gasteiger partial charge is 0.508 e. The monoisotopic (exact) mass is 719 g/mol. The summed E-state index contributed by atoms with van der Waals surface area (Å²) >= 11 is 0. The number of aromatic hydroxyl groups is 1. The second-order valence-electron chi connectivity index (χ2n) is 15.2. The predicted octanol–water partition coefficient (Wildman–Crippen LogP) is 5.79. The van der Waals surface area contributed by atoms with Gasteiger partial charge in [0.05, 0.1) is 40.1 Å². The highest BCUT2D eigenvalue weighted by atomic mass is 19.1. The summed E-state index contributed by atoms with van der Waals surface area (Å²) in [5.41, 5.74) is -0.970. The number of aryl methyl sites for hydroxylation is 1. The first-order valence-electron chi connectivity index (χ1n) is 18.5. The Morgan fingerprint density at radius 3 is 2.65 bits per heavy atom. The number of rotatable bonds is 8. The molecule has 0 bridgehead atoms. The van der Waals surface area contributed by atoms with Gasteiger partial charge in [0.25, 0.3) is 0 Å². The number of hydrogen-bond acceptors (Lipinski definition) is 11. The molecule has 11 nitrogen and oxygen atoms in total. The number of benzene rings is 2. The molecule has 13 heteroatoms. The maximum absolute atomic E-state index is 17.3. The fourth-order valence-electron chi connectivity index (χ4n) is 9.31. The van der Waals surface area contributed by atoms with E-state index in [1.807, 2.05) is 11.8 Å². The zero-order valence-electron chi connectivity index (χ0n) is 30.1. The molecule has 0 amide bonds. The number of β-amino-alcohol motifs (C(OH)–C–C–N with tert-alkyl or cyclic N) is 1. The first-order valence-corrected chi connectivity index (χ1v) is 18.5. The maximum Gasteiger partial charge on any atom is 0.319 e. The number of nitrogens with zero attached hydrogens (tertiary/aromatic N) is 5. The number of aromatic nitrogens is 3. The van der Waals surface area contributed by atoms with Gasteiger partial charge in [0.2, 0.25) is 5.88 Å². The van der Waals surface area contributed by atoms with Crippen LogP contribution in [0.3, 0.4) is 0 Å². The molecule has 3 aliphatic heterocycles. The van der Waals surface area contributed by atoms with Crippen LogP contribution in [0.15, 0.2) is 24.3 Å². The van der Waals surface area contributed by atoms with Gasteiger partial charge in [0, 0.05) is 36.2 Å². The number of aliphatic hydroxyl groups is 1. The van der Waals surface area contributed by atoms with Crippen molar-refractivity contribution in [1.82, 2.24) is 19.9 Å². The molecule has 278 valence electrons. The molecule has 52 heavy (non-hydrogen) atoms. The lowest BCUT2D eigenvalue weighted by atomic mass is 9.75. The van der Waals surface area contributed by atoms with Crippen molar-refractivity contribution >= 4 is 27.5 Å². The van der Waals surface area contributed by atoms with Crippen LogP contribution in [0.1, 0.15) is 57.9 Å². The van der Waals surface area contributed by atoms with Crippen molar-refractivity contribution in [3.05, 3.63) is 41.5 Å². The molecule has 0 spiro atoms. The zero-order valence-corrected chi connectivity index (χ0v) is 30.1. The number of pyridine rings is 1. The fourth-order valence-corrected chi connectivity index (χ4v) is 9.31. The molecule has 4 atom stereocenters. The molecule has 1 saturated carbocycles. The van der Waals surface area contributed by atoms with Gasteiger partial charge in [-0.2, -0.15) is 9.97 Å². The highest BCUT2D eigenvalue weighted by molar-refractivity contribution is 6.03. The van der Waals surface area contributed by atoms with Crippen LogP contribution in [0.2, 0.25) is 0 Å². The van der Waals surface area contributed by atoms with Gasteiger partial charge in [-0.1, -0.05) is 19.4 Å². The van der Waals surface area contributed by atoms with Crippen molar-refractivity contribution in [2.75, 3.05) is 64.7 Å². The molecular formula is C39H47F2N5O6. The minimum absolute atomic E-state index is 0.00724. The van der Waals surface area contributed by atoms with E-state index in [0.29, 0.717) is 60.4 Å². The predicted molar refractivity (Wildman–Crippen MR) is 192 cm³/mol. The number of halogens is 2. The quantitative estimate of drug-likeness (QED) is 0.230. The lowest BCUT2D eigenvalue weighted by Crippen LogP contribution is -2.55.